The third kappa shape index (κ3) is 23.6. The highest BCUT2D eigenvalue weighted by atomic mass is 16.4. The van der Waals surface area contributed by atoms with Gasteiger partial charge in [-0.1, -0.05) is 129 Å². The molecule has 2 atom stereocenters. The Morgan fingerprint density at radius 3 is 1.39 bits per heavy atom. The van der Waals surface area contributed by atoms with Crippen LogP contribution < -0.4 is 0 Å². The zero-order chi connectivity index (χ0) is 26.7. The van der Waals surface area contributed by atoms with Gasteiger partial charge in [-0.15, -0.1) is 0 Å². The van der Waals surface area contributed by atoms with Crippen molar-refractivity contribution in [2.75, 3.05) is 14.1 Å². The molecule has 0 fully saturated rings. The number of carbonyl (C=O) groups is 1. The van der Waals surface area contributed by atoms with E-state index in [9.17, 15) is 9.90 Å². The summed E-state index contributed by atoms with van der Waals surface area (Å²) >= 11 is 0. The largest absolute Gasteiger partial charge is 0.481 e. The Hall–Kier alpha value is -0.830. The van der Waals surface area contributed by atoms with Gasteiger partial charge < -0.3 is 10.0 Å². The van der Waals surface area contributed by atoms with Crippen LogP contribution in [0, 0.1) is 5.92 Å². The molecule has 0 aromatic heterocycles. The van der Waals surface area contributed by atoms with Crippen molar-refractivity contribution in [1.29, 1.82) is 0 Å². The smallest absolute Gasteiger partial charge is 0.303 e. The summed E-state index contributed by atoms with van der Waals surface area (Å²) in [5, 5.41) is 9.24. The number of carboxylic acids is 1. The first-order valence-corrected chi connectivity index (χ1v) is 16.1. The van der Waals surface area contributed by atoms with E-state index in [0.717, 1.165) is 6.42 Å². The molecule has 0 aromatic rings. The van der Waals surface area contributed by atoms with Gasteiger partial charge in [-0.2, -0.15) is 0 Å². The zero-order valence-corrected chi connectivity index (χ0v) is 25.1. The van der Waals surface area contributed by atoms with Gasteiger partial charge in [-0.25, -0.2) is 0 Å². The fourth-order valence-electron chi connectivity index (χ4n) is 5.56. The minimum Gasteiger partial charge on any atom is -0.481 e. The molecule has 0 aliphatic carbocycles. The standard InChI is InChI=1S/C33H65NO2/c1-5-7-9-11-13-14-15-16-17-18-19-20-22-24-26-28-31(27-25-23-21-12-10-8-6-2)32(34(3)4)29-30-33(35)36/h16-17,31-32H,5-15,18-30H2,1-4H3,(H,35,36)/b17-16-. The van der Waals surface area contributed by atoms with E-state index in [2.05, 4.69) is 45.0 Å². The number of unbranched alkanes of at least 4 members (excludes halogenated alkanes) is 17. The van der Waals surface area contributed by atoms with E-state index in [1.807, 2.05) is 0 Å². The molecule has 36 heavy (non-hydrogen) atoms. The summed E-state index contributed by atoms with van der Waals surface area (Å²) in [6, 6.07) is 0.401. The minimum absolute atomic E-state index is 0.294. The molecule has 0 rings (SSSR count). The molecule has 0 bridgehead atoms. The van der Waals surface area contributed by atoms with Crippen LogP contribution in [0.5, 0.6) is 0 Å². The van der Waals surface area contributed by atoms with Crippen LogP contribution in [0.2, 0.25) is 0 Å². The van der Waals surface area contributed by atoms with Crippen LogP contribution >= 0.6 is 0 Å². The van der Waals surface area contributed by atoms with Gasteiger partial charge >= 0.3 is 5.97 Å². The zero-order valence-electron chi connectivity index (χ0n) is 25.1. The summed E-state index contributed by atoms with van der Waals surface area (Å²) in [6.07, 6.45) is 35.4. The van der Waals surface area contributed by atoms with Crippen molar-refractivity contribution in [3.05, 3.63) is 12.2 Å². The highest BCUT2D eigenvalue weighted by Crippen LogP contribution is 2.27. The number of allylic oxidation sites excluding steroid dienone is 2. The van der Waals surface area contributed by atoms with Crippen molar-refractivity contribution < 1.29 is 9.90 Å². The van der Waals surface area contributed by atoms with Crippen LogP contribution in [-0.2, 0) is 4.79 Å². The molecular weight excluding hydrogens is 442 g/mol. The van der Waals surface area contributed by atoms with Crippen molar-refractivity contribution >= 4 is 5.97 Å². The van der Waals surface area contributed by atoms with Crippen LogP contribution in [-0.4, -0.2) is 36.1 Å². The predicted octanol–water partition coefficient (Wildman–Crippen LogP) is 10.6. The van der Waals surface area contributed by atoms with Crippen molar-refractivity contribution in [3.63, 3.8) is 0 Å². The lowest BCUT2D eigenvalue weighted by Crippen LogP contribution is -2.36. The molecule has 0 aliphatic rings. The topological polar surface area (TPSA) is 40.5 Å². The third-order valence-corrected chi connectivity index (χ3v) is 7.88. The fraction of sp³-hybridized carbons (Fsp3) is 0.909. The summed E-state index contributed by atoms with van der Waals surface area (Å²) in [5.41, 5.74) is 0. The number of hydrogen-bond acceptors (Lipinski definition) is 2. The first-order chi connectivity index (χ1) is 17.5. The molecular formula is C33H65NO2. The molecule has 3 heteroatoms. The molecule has 1 N–H and O–H groups in total. The van der Waals surface area contributed by atoms with E-state index in [4.69, 9.17) is 0 Å². The summed E-state index contributed by atoms with van der Waals surface area (Å²) in [6.45, 7) is 4.56. The highest BCUT2D eigenvalue weighted by molar-refractivity contribution is 5.66. The Morgan fingerprint density at radius 1 is 0.611 bits per heavy atom. The maximum Gasteiger partial charge on any atom is 0.303 e. The number of aliphatic carboxylic acids is 1. The van der Waals surface area contributed by atoms with Crippen LogP contribution in [0.1, 0.15) is 168 Å². The Kier molecular flexibility index (Phi) is 26.6. The van der Waals surface area contributed by atoms with E-state index in [1.165, 1.54) is 141 Å². The third-order valence-electron chi connectivity index (χ3n) is 7.88. The van der Waals surface area contributed by atoms with Gasteiger partial charge in [0.2, 0.25) is 0 Å². The molecule has 0 heterocycles. The molecule has 0 saturated heterocycles. The van der Waals surface area contributed by atoms with Crippen LogP contribution in [0.4, 0.5) is 0 Å². The molecule has 2 unspecified atom stereocenters. The van der Waals surface area contributed by atoms with E-state index in [-0.39, 0.29) is 0 Å². The van der Waals surface area contributed by atoms with Gasteiger partial charge in [0.05, 0.1) is 0 Å². The van der Waals surface area contributed by atoms with Gasteiger partial charge in [0.25, 0.3) is 0 Å². The van der Waals surface area contributed by atoms with Crippen molar-refractivity contribution in [2.24, 2.45) is 5.92 Å². The van der Waals surface area contributed by atoms with E-state index in [0.29, 0.717) is 18.4 Å². The summed E-state index contributed by atoms with van der Waals surface area (Å²) in [4.78, 5) is 13.5. The summed E-state index contributed by atoms with van der Waals surface area (Å²) in [5.74, 6) is -0.0163. The monoisotopic (exact) mass is 508 g/mol. The molecule has 3 nitrogen and oxygen atoms in total. The van der Waals surface area contributed by atoms with E-state index in [1.54, 1.807) is 0 Å². The average molecular weight is 508 g/mol. The van der Waals surface area contributed by atoms with Crippen molar-refractivity contribution in [1.82, 2.24) is 4.90 Å². The van der Waals surface area contributed by atoms with E-state index < -0.39 is 5.97 Å². The van der Waals surface area contributed by atoms with Gasteiger partial charge in [0.15, 0.2) is 0 Å². The van der Waals surface area contributed by atoms with Crippen molar-refractivity contribution in [2.45, 2.75) is 174 Å². The molecule has 0 radical (unpaired) electrons. The maximum atomic E-state index is 11.2. The normalized spacial score (nSPS) is 13.6. The van der Waals surface area contributed by atoms with Crippen LogP contribution in [0.3, 0.4) is 0 Å². The Labute approximate surface area is 226 Å². The molecule has 0 aromatic carbocycles. The Balaban J connectivity index is 4.12. The quantitative estimate of drug-likeness (QED) is 0.0845. The lowest BCUT2D eigenvalue weighted by Gasteiger charge is -2.32. The fourth-order valence-corrected chi connectivity index (χ4v) is 5.56. The van der Waals surface area contributed by atoms with Gasteiger partial charge in [-0.05, 0) is 65.0 Å². The second-order valence-corrected chi connectivity index (χ2v) is 11.5. The van der Waals surface area contributed by atoms with Crippen molar-refractivity contribution in [3.8, 4) is 0 Å². The molecule has 0 aliphatic heterocycles. The second kappa shape index (κ2) is 27.2. The lowest BCUT2D eigenvalue weighted by molar-refractivity contribution is -0.137. The predicted molar refractivity (Wildman–Crippen MR) is 160 cm³/mol. The average Bonchev–Trinajstić information content (AvgIpc) is 2.85. The summed E-state index contributed by atoms with van der Waals surface area (Å²) < 4.78 is 0. The lowest BCUT2D eigenvalue weighted by atomic mass is 9.85. The molecule has 0 amide bonds. The number of rotatable bonds is 28. The van der Waals surface area contributed by atoms with E-state index >= 15 is 0 Å². The maximum absolute atomic E-state index is 11.2. The number of nitrogens with zero attached hydrogens (tertiary/aromatic N) is 1. The SMILES string of the molecule is CCCCCCCC/C=C\CCCCCCCC(CCCCCCCCC)C(CCC(=O)O)N(C)C. The number of carboxylic acid groups (broad SMARTS) is 1. The molecule has 214 valence electrons. The van der Waals surface area contributed by atoms with Gasteiger partial charge in [0, 0.05) is 12.5 Å². The highest BCUT2D eigenvalue weighted by Gasteiger charge is 2.23. The van der Waals surface area contributed by atoms with Gasteiger partial charge in [0.1, 0.15) is 0 Å². The summed E-state index contributed by atoms with van der Waals surface area (Å²) in [7, 11) is 4.29. The van der Waals surface area contributed by atoms with Gasteiger partial charge in [-0.3, -0.25) is 4.79 Å². The molecule has 0 saturated carbocycles. The minimum atomic E-state index is -0.655. The van der Waals surface area contributed by atoms with Crippen LogP contribution in [0.25, 0.3) is 0 Å². The first-order valence-electron chi connectivity index (χ1n) is 16.1. The first kappa shape index (κ1) is 35.2. The Morgan fingerprint density at radius 2 is 1.00 bits per heavy atom. The molecule has 0 spiro atoms. The number of hydrogen-bond donors (Lipinski definition) is 1. The van der Waals surface area contributed by atoms with Crippen LogP contribution in [0.15, 0.2) is 12.2 Å². The Bertz CT molecular complexity index is 488. The second-order valence-electron chi connectivity index (χ2n) is 11.5.